The Bertz CT molecular complexity index is 388. The summed E-state index contributed by atoms with van der Waals surface area (Å²) in [5.74, 6) is 2.43. The van der Waals surface area contributed by atoms with Crippen LogP contribution in [0.1, 0.15) is 64.2 Å². The lowest BCUT2D eigenvalue weighted by Gasteiger charge is -2.29. The molecule has 0 spiro atoms. The van der Waals surface area contributed by atoms with Crippen molar-refractivity contribution in [3.8, 4) is 0 Å². The maximum atomic E-state index is 12.0. The topological polar surface area (TPSA) is 58.2 Å². The van der Waals surface area contributed by atoms with E-state index in [-0.39, 0.29) is 17.7 Å². The maximum absolute atomic E-state index is 12.0. The van der Waals surface area contributed by atoms with Crippen molar-refractivity contribution in [3.63, 3.8) is 0 Å². The summed E-state index contributed by atoms with van der Waals surface area (Å²) >= 11 is 0. The Balaban J connectivity index is 1.27. The molecule has 0 aliphatic heterocycles. The van der Waals surface area contributed by atoms with Gasteiger partial charge in [0.05, 0.1) is 0 Å². The fourth-order valence-electron chi connectivity index (χ4n) is 3.60. The Morgan fingerprint density at radius 2 is 1.76 bits per heavy atom. The number of rotatable bonds is 7. The number of hydrogen-bond acceptors (Lipinski definition) is 2. The average molecular weight is 292 g/mol. The summed E-state index contributed by atoms with van der Waals surface area (Å²) in [6.07, 6.45) is 11.2. The molecule has 2 amide bonds. The highest BCUT2D eigenvalue weighted by atomic mass is 16.2. The van der Waals surface area contributed by atoms with Crippen molar-refractivity contribution < 1.29 is 9.59 Å². The van der Waals surface area contributed by atoms with E-state index >= 15 is 0 Å². The maximum Gasteiger partial charge on any atom is 0.223 e. The van der Waals surface area contributed by atoms with Crippen LogP contribution >= 0.6 is 0 Å². The van der Waals surface area contributed by atoms with Crippen molar-refractivity contribution in [3.05, 3.63) is 0 Å². The highest BCUT2D eigenvalue weighted by Crippen LogP contribution is 2.43. The minimum absolute atomic E-state index is 0.164. The van der Waals surface area contributed by atoms with E-state index < -0.39 is 0 Å². The zero-order valence-corrected chi connectivity index (χ0v) is 12.9. The van der Waals surface area contributed by atoms with Crippen LogP contribution in [0, 0.1) is 17.8 Å². The highest BCUT2D eigenvalue weighted by Gasteiger charge is 2.35. The molecule has 2 atom stereocenters. The van der Waals surface area contributed by atoms with Crippen molar-refractivity contribution in [1.29, 1.82) is 0 Å². The molecule has 0 saturated heterocycles. The van der Waals surface area contributed by atoms with E-state index in [0.717, 1.165) is 37.5 Å². The molecule has 3 aliphatic carbocycles. The summed E-state index contributed by atoms with van der Waals surface area (Å²) in [5, 5.41) is 6.12. The second kappa shape index (κ2) is 6.80. The molecule has 4 nitrogen and oxygen atoms in total. The molecule has 0 aromatic carbocycles. The van der Waals surface area contributed by atoms with Gasteiger partial charge in [-0.2, -0.15) is 0 Å². The minimum Gasteiger partial charge on any atom is -0.356 e. The Labute approximate surface area is 127 Å². The quantitative estimate of drug-likeness (QED) is 0.708. The van der Waals surface area contributed by atoms with Gasteiger partial charge >= 0.3 is 0 Å². The van der Waals surface area contributed by atoms with Crippen molar-refractivity contribution in [2.75, 3.05) is 6.54 Å². The molecule has 3 aliphatic rings. The third-order valence-corrected chi connectivity index (χ3v) is 5.20. The lowest BCUT2D eigenvalue weighted by atomic mass is 9.82. The van der Waals surface area contributed by atoms with Crippen LogP contribution in [0.4, 0.5) is 0 Å². The van der Waals surface area contributed by atoms with Crippen LogP contribution in [0.5, 0.6) is 0 Å². The van der Waals surface area contributed by atoms with E-state index in [0.29, 0.717) is 19.0 Å². The van der Waals surface area contributed by atoms with Gasteiger partial charge in [-0.25, -0.2) is 0 Å². The molecule has 0 heterocycles. The van der Waals surface area contributed by atoms with Crippen LogP contribution in [-0.2, 0) is 9.59 Å². The van der Waals surface area contributed by atoms with Crippen molar-refractivity contribution in [2.45, 2.75) is 70.3 Å². The van der Waals surface area contributed by atoms with Gasteiger partial charge < -0.3 is 10.6 Å². The van der Waals surface area contributed by atoms with Gasteiger partial charge in [-0.3, -0.25) is 9.59 Å². The van der Waals surface area contributed by atoms with Gasteiger partial charge in [-0.15, -0.1) is 0 Å². The molecule has 0 aromatic heterocycles. The second-order valence-electron chi connectivity index (χ2n) is 7.20. The summed E-state index contributed by atoms with van der Waals surface area (Å²) in [6, 6.07) is 0.401. The SMILES string of the molecule is O=C(CCCNC(=O)C1CC1)NC1CCCC(C2CC2)C1. The number of amides is 2. The number of carbonyl (C=O) groups is 2. The van der Waals surface area contributed by atoms with Crippen LogP contribution in [0.3, 0.4) is 0 Å². The largest absolute Gasteiger partial charge is 0.356 e. The summed E-state index contributed by atoms with van der Waals surface area (Å²) in [7, 11) is 0. The molecular weight excluding hydrogens is 264 g/mol. The first-order valence-corrected chi connectivity index (χ1v) is 8.79. The van der Waals surface area contributed by atoms with Gasteiger partial charge in [-0.05, 0) is 56.8 Å². The second-order valence-corrected chi connectivity index (χ2v) is 7.20. The number of carbonyl (C=O) groups excluding carboxylic acids is 2. The monoisotopic (exact) mass is 292 g/mol. The number of hydrogen-bond donors (Lipinski definition) is 2. The first kappa shape index (κ1) is 14.9. The van der Waals surface area contributed by atoms with Gasteiger partial charge in [0.15, 0.2) is 0 Å². The standard InChI is InChI=1S/C17H28N2O2/c20-16(5-2-10-18-17(21)13-8-9-13)19-15-4-1-3-14(11-15)12-6-7-12/h12-15H,1-11H2,(H,18,21)(H,19,20). The first-order chi connectivity index (χ1) is 10.2. The number of nitrogens with one attached hydrogen (secondary N) is 2. The van der Waals surface area contributed by atoms with Crippen molar-refractivity contribution in [2.24, 2.45) is 17.8 Å². The van der Waals surface area contributed by atoms with E-state index in [2.05, 4.69) is 10.6 Å². The van der Waals surface area contributed by atoms with Gasteiger partial charge in [0.25, 0.3) is 0 Å². The van der Waals surface area contributed by atoms with Crippen LogP contribution < -0.4 is 10.6 Å². The van der Waals surface area contributed by atoms with E-state index in [1.807, 2.05) is 0 Å². The molecule has 3 saturated carbocycles. The van der Waals surface area contributed by atoms with Gasteiger partial charge in [0.2, 0.25) is 11.8 Å². The minimum atomic E-state index is 0.164. The zero-order valence-electron chi connectivity index (χ0n) is 12.9. The van der Waals surface area contributed by atoms with Crippen molar-refractivity contribution >= 4 is 11.8 Å². The predicted molar refractivity (Wildman–Crippen MR) is 81.6 cm³/mol. The molecule has 0 radical (unpaired) electrons. The third kappa shape index (κ3) is 4.72. The third-order valence-electron chi connectivity index (χ3n) is 5.20. The predicted octanol–water partition coefficient (Wildman–Crippen LogP) is 2.38. The summed E-state index contributed by atoms with van der Waals surface area (Å²) in [4.78, 5) is 23.4. The molecular formula is C17H28N2O2. The highest BCUT2D eigenvalue weighted by molar-refractivity contribution is 5.81. The summed E-state index contributed by atoms with van der Waals surface area (Å²) in [5.41, 5.74) is 0. The van der Waals surface area contributed by atoms with Gasteiger partial charge in [0.1, 0.15) is 0 Å². The molecule has 2 N–H and O–H groups in total. The van der Waals surface area contributed by atoms with Crippen LogP contribution in [0.2, 0.25) is 0 Å². The molecule has 3 rings (SSSR count). The smallest absolute Gasteiger partial charge is 0.223 e. The fourth-order valence-corrected chi connectivity index (χ4v) is 3.60. The zero-order chi connectivity index (χ0) is 14.7. The van der Waals surface area contributed by atoms with E-state index in [4.69, 9.17) is 0 Å². The molecule has 2 unspecified atom stereocenters. The normalized spacial score (nSPS) is 29.0. The summed E-state index contributed by atoms with van der Waals surface area (Å²) < 4.78 is 0. The Morgan fingerprint density at radius 3 is 2.48 bits per heavy atom. The van der Waals surface area contributed by atoms with Gasteiger partial charge in [0, 0.05) is 24.9 Å². The van der Waals surface area contributed by atoms with Crippen LogP contribution in [0.25, 0.3) is 0 Å². The van der Waals surface area contributed by atoms with Gasteiger partial charge in [-0.1, -0.05) is 12.8 Å². The Kier molecular flexibility index (Phi) is 4.81. The van der Waals surface area contributed by atoms with E-state index in [9.17, 15) is 9.59 Å². The Morgan fingerprint density at radius 1 is 0.952 bits per heavy atom. The molecule has 0 bridgehead atoms. The van der Waals surface area contributed by atoms with E-state index in [1.165, 1.54) is 32.1 Å². The Hall–Kier alpha value is -1.06. The lowest BCUT2D eigenvalue weighted by molar-refractivity contribution is -0.124. The molecule has 0 aromatic rings. The fraction of sp³-hybridized carbons (Fsp3) is 0.882. The molecule has 4 heteroatoms. The van der Waals surface area contributed by atoms with Crippen LogP contribution in [-0.4, -0.2) is 24.4 Å². The molecule has 118 valence electrons. The van der Waals surface area contributed by atoms with Crippen molar-refractivity contribution in [1.82, 2.24) is 10.6 Å². The van der Waals surface area contributed by atoms with E-state index in [1.54, 1.807) is 0 Å². The lowest BCUT2D eigenvalue weighted by Crippen LogP contribution is -2.39. The summed E-state index contributed by atoms with van der Waals surface area (Å²) in [6.45, 7) is 0.637. The molecule has 3 fully saturated rings. The van der Waals surface area contributed by atoms with Crippen LogP contribution in [0.15, 0.2) is 0 Å². The average Bonchev–Trinajstić information content (AvgIpc) is 3.36. The molecule has 21 heavy (non-hydrogen) atoms. The first-order valence-electron chi connectivity index (χ1n) is 8.79.